The SMILES string of the molecule is CCC(C)c1ccc(O)c(C(N)c2ccccc2)c1. The fourth-order valence-corrected chi connectivity index (χ4v) is 2.20. The summed E-state index contributed by atoms with van der Waals surface area (Å²) < 4.78 is 0. The van der Waals surface area contributed by atoms with E-state index in [0.717, 1.165) is 17.5 Å². The summed E-state index contributed by atoms with van der Waals surface area (Å²) in [4.78, 5) is 0. The third kappa shape index (κ3) is 2.96. The standard InChI is InChI=1S/C17H21NO/c1-3-12(2)14-9-10-16(19)15(11-14)17(18)13-7-5-4-6-8-13/h4-12,17,19H,3,18H2,1-2H3. The monoisotopic (exact) mass is 255 g/mol. The molecule has 2 aromatic rings. The van der Waals surface area contributed by atoms with Crippen molar-refractivity contribution in [1.82, 2.24) is 0 Å². The van der Waals surface area contributed by atoms with E-state index in [-0.39, 0.29) is 11.8 Å². The fourth-order valence-electron chi connectivity index (χ4n) is 2.20. The molecule has 2 aromatic carbocycles. The van der Waals surface area contributed by atoms with Gasteiger partial charge in [0.25, 0.3) is 0 Å². The first kappa shape index (κ1) is 13.6. The minimum absolute atomic E-state index is 0.267. The van der Waals surface area contributed by atoms with Crippen LogP contribution in [0.4, 0.5) is 0 Å². The van der Waals surface area contributed by atoms with Gasteiger partial charge in [0.15, 0.2) is 0 Å². The van der Waals surface area contributed by atoms with E-state index in [1.54, 1.807) is 6.07 Å². The fraction of sp³-hybridized carbons (Fsp3) is 0.294. The zero-order valence-electron chi connectivity index (χ0n) is 11.5. The topological polar surface area (TPSA) is 46.2 Å². The van der Waals surface area contributed by atoms with E-state index in [9.17, 15) is 5.11 Å². The molecule has 2 heteroatoms. The van der Waals surface area contributed by atoms with E-state index in [1.807, 2.05) is 42.5 Å². The Hall–Kier alpha value is -1.80. The van der Waals surface area contributed by atoms with Crippen LogP contribution in [-0.2, 0) is 0 Å². The number of hydrogen-bond acceptors (Lipinski definition) is 2. The van der Waals surface area contributed by atoms with Crippen LogP contribution in [0.3, 0.4) is 0 Å². The summed E-state index contributed by atoms with van der Waals surface area (Å²) in [5.74, 6) is 0.741. The van der Waals surface area contributed by atoms with Gasteiger partial charge in [-0.1, -0.05) is 50.2 Å². The third-order valence-corrected chi connectivity index (χ3v) is 3.73. The highest BCUT2D eigenvalue weighted by Gasteiger charge is 2.15. The molecule has 0 fully saturated rings. The molecule has 0 aliphatic heterocycles. The number of benzene rings is 2. The van der Waals surface area contributed by atoms with Crippen molar-refractivity contribution < 1.29 is 5.11 Å². The highest BCUT2D eigenvalue weighted by atomic mass is 16.3. The van der Waals surface area contributed by atoms with Crippen LogP contribution >= 0.6 is 0 Å². The lowest BCUT2D eigenvalue weighted by Crippen LogP contribution is -2.12. The van der Waals surface area contributed by atoms with Crippen molar-refractivity contribution in [2.24, 2.45) is 5.73 Å². The van der Waals surface area contributed by atoms with Gasteiger partial charge in [0.05, 0.1) is 6.04 Å². The lowest BCUT2D eigenvalue weighted by molar-refractivity contribution is 0.464. The quantitative estimate of drug-likeness (QED) is 0.868. The average Bonchev–Trinajstić information content (AvgIpc) is 2.47. The Balaban J connectivity index is 2.38. The number of nitrogens with two attached hydrogens (primary N) is 1. The van der Waals surface area contributed by atoms with Crippen molar-refractivity contribution >= 4 is 0 Å². The Morgan fingerprint density at radius 2 is 1.74 bits per heavy atom. The van der Waals surface area contributed by atoms with Crippen molar-refractivity contribution in [3.05, 3.63) is 65.2 Å². The van der Waals surface area contributed by atoms with E-state index in [4.69, 9.17) is 5.73 Å². The minimum Gasteiger partial charge on any atom is -0.508 e. The molecule has 0 spiro atoms. The molecular formula is C17H21NO. The molecule has 3 N–H and O–H groups in total. The zero-order valence-corrected chi connectivity index (χ0v) is 11.5. The van der Waals surface area contributed by atoms with Crippen LogP contribution < -0.4 is 5.73 Å². The number of hydrogen-bond donors (Lipinski definition) is 2. The van der Waals surface area contributed by atoms with Gasteiger partial charge in [-0.05, 0) is 35.6 Å². The molecule has 0 saturated heterocycles. The van der Waals surface area contributed by atoms with Crippen molar-refractivity contribution in [1.29, 1.82) is 0 Å². The van der Waals surface area contributed by atoms with Crippen molar-refractivity contribution in [3.8, 4) is 5.75 Å². The molecule has 0 amide bonds. The molecule has 2 rings (SSSR count). The first-order chi connectivity index (χ1) is 9.13. The van der Waals surface area contributed by atoms with Crippen LogP contribution in [0.1, 0.15) is 48.9 Å². The van der Waals surface area contributed by atoms with E-state index in [1.165, 1.54) is 5.56 Å². The summed E-state index contributed by atoms with van der Waals surface area (Å²) in [7, 11) is 0. The Morgan fingerprint density at radius 3 is 2.37 bits per heavy atom. The van der Waals surface area contributed by atoms with E-state index in [0.29, 0.717) is 5.92 Å². The van der Waals surface area contributed by atoms with Gasteiger partial charge in [0.1, 0.15) is 5.75 Å². The lowest BCUT2D eigenvalue weighted by Gasteiger charge is -2.17. The third-order valence-electron chi connectivity index (χ3n) is 3.73. The first-order valence-electron chi connectivity index (χ1n) is 6.76. The van der Waals surface area contributed by atoms with E-state index < -0.39 is 0 Å². The molecular weight excluding hydrogens is 234 g/mol. The molecule has 0 aliphatic carbocycles. The van der Waals surface area contributed by atoms with Crippen molar-refractivity contribution in [3.63, 3.8) is 0 Å². The highest BCUT2D eigenvalue weighted by molar-refractivity contribution is 5.43. The summed E-state index contributed by atoms with van der Waals surface area (Å²) in [6.07, 6.45) is 1.07. The number of phenols is 1. The van der Waals surface area contributed by atoms with Gasteiger partial charge in [-0.2, -0.15) is 0 Å². The Kier molecular flexibility index (Phi) is 4.23. The van der Waals surface area contributed by atoms with Gasteiger partial charge in [0.2, 0.25) is 0 Å². The Bertz CT molecular complexity index is 536. The van der Waals surface area contributed by atoms with Crippen molar-refractivity contribution in [2.75, 3.05) is 0 Å². The summed E-state index contributed by atoms with van der Waals surface area (Å²) in [5.41, 5.74) is 9.30. The predicted octanol–water partition coefficient (Wildman–Crippen LogP) is 3.95. The Labute approximate surface area is 114 Å². The maximum atomic E-state index is 10.0. The molecule has 100 valence electrons. The van der Waals surface area contributed by atoms with Crippen LogP contribution in [0.5, 0.6) is 5.75 Å². The van der Waals surface area contributed by atoms with Gasteiger partial charge in [0, 0.05) is 5.56 Å². The maximum Gasteiger partial charge on any atom is 0.120 e. The van der Waals surface area contributed by atoms with E-state index in [2.05, 4.69) is 13.8 Å². The van der Waals surface area contributed by atoms with Crippen LogP contribution in [0.15, 0.2) is 48.5 Å². The average molecular weight is 255 g/mol. The Morgan fingerprint density at radius 1 is 1.05 bits per heavy atom. The van der Waals surface area contributed by atoms with Gasteiger partial charge >= 0.3 is 0 Å². The molecule has 2 unspecified atom stereocenters. The molecule has 0 heterocycles. The van der Waals surface area contributed by atoms with Crippen LogP contribution in [0.2, 0.25) is 0 Å². The summed E-state index contributed by atoms with van der Waals surface area (Å²) in [5, 5.41) is 10.0. The molecule has 2 atom stereocenters. The number of phenolic OH excluding ortho intramolecular Hbond substituents is 1. The summed E-state index contributed by atoms with van der Waals surface area (Å²) in [6.45, 7) is 4.35. The molecule has 0 aromatic heterocycles. The lowest BCUT2D eigenvalue weighted by atomic mass is 9.92. The molecule has 19 heavy (non-hydrogen) atoms. The van der Waals surface area contributed by atoms with Crippen LogP contribution in [0, 0.1) is 0 Å². The van der Waals surface area contributed by atoms with Crippen LogP contribution in [-0.4, -0.2) is 5.11 Å². The van der Waals surface area contributed by atoms with Gasteiger partial charge in [-0.15, -0.1) is 0 Å². The normalized spacial score (nSPS) is 14.1. The maximum absolute atomic E-state index is 10.0. The largest absolute Gasteiger partial charge is 0.508 e. The molecule has 0 saturated carbocycles. The van der Waals surface area contributed by atoms with E-state index >= 15 is 0 Å². The second-order valence-electron chi connectivity index (χ2n) is 5.02. The second kappa shape index (κ2) is 5.89. The van der Waals surface area contributed by atoms with Crippen LogP contribution in [0.25, 0.3) is 0 Å². The number of aromatic hydroxyl groups is 1. The highest BCUT2D eigenvalue weighted by Crippen LogP contribution is 2.31. The molecule has 2 nitrogen and oxygen atoms in total. The van der Waals surface area contributed by atoms with Gasteiger partial charge < -0.3 is 10.8 Å². The second-order valence-corrected chi connectivity index (χ2v) is 5.02. The molecule has 0 radical (unpaired) electrons. The first-order valence-corrected chi connectivity index (χ1v) is 6.76. The molecule has 0 bridgehead atoms. The van der Waals surface area contributed by atoms with Gasteiger partial charge in [-0.3, -0.25) is 0 Å². The minimum atomic E-state index is -0.287. The molecule has 0 aliphatic rings. The number of rotatable bonds is 4. The summed E-state index contributed by atoms with van der Waals surface area (Å²) >= 11 is 0. The zero-order chi connectivity index (χ0) is 13.8. The smallest absolute Gasteiger partial charge is 0.120 e. The summed E-state index contributed by atoms with van der Waals surface area (Å²) in [6, 6.07) is 15.3. The predicted molar refractivity (Wildman–Crippen MR) is 79.3 cm³/mol. The van der Waals surface area contributed by atoms with Crippen molar-refractivity contribution in [2.45, 2.75) is 32.2 Å². The van der Waals surface area contributed by atoms with Gasteiger partial charge in [-0.25, -0.2) is 0 Å².